The van der Waals surface area contributed by atoms with E-state index >= 15 is 0 Å². The monoisotopic (exact) mass is 492 g/mol. The second-order valence-electron chi connectivity index (χ2n) is 8.60. The largest absolute Gasteiger partial charge is 0.478 e. The molecule has 1 aromatic carbocycles. The molecule has 0 bridgehead atoms. The molecule has 9 nitrogen and oxygen atoms in total. The molecular weight excluding hydrogens is 464 g/mol. The number of pyridine rings is 2. The Bertz CT molecular complexity index is 1450. The van der Waals surface area contributed by atoms with E-state index < -0.39 is 10.0 Å². The SMILES string of the molecule is CNCCCOc1ccc(-c2ccc3ncn(-c4ccc5c(c4)N(S(C)(=O)=O)CCC5)c3n2)cn1. The second kappa shape index (κ2) is 9.63. The fourth-order valence-electron chi connectivity index (χ4n) is 4.31. The van der Waals surface area contributed by atoms with Gasteiger partial charge in [-0.05, 0) is 68.8 Å². The number of aromatic nitrogens is 4. The molecule has 0 aliphatic carbocycles. The van der Waals surface area contributed by atoms with Crippen LogP contribution in [0.15, 0.2) is 55.0 Å². The Kier molecular flexibility index (Phi) is 6.40. The molecule has 0 saturated heterocycles. The van der Waals surface area contributed by atoms with E-state index in [1.165, 1.54) is 10.6 Å². The van der Waals surface area contributed by atoms with Crippen LogP contribution in [-0.4, -0.2) is 60.9 Å². The summed E-state index contributed by atoms with van der Waals surface area (Å²) in [5.41, 5.74) is 5.65. The molecule has 35 heavy (non-hydrogen) atoms. The first-order chi connectivity index (χ1) is 16.9. The van der Waals surface area contributed by atoms with E-state index in [-0.39, 0.29) is 0 Å². The molecule has 1 N–H and O–H groups in total. The Hall–Kier alpha value is -3.50. The van der Waals surface area contributed by atoms with Crippen molar-refractivity contribution in [1.29, 1.82) is 0 Å². The normalized spacial score (nSPS) is 13.7. The van der Waals surface area contributed by atoms with Crippen LogP contribution in [0.2, 0.25) is 0 Å². The predicted molar refractivity (Wildman–Crippen MR) is 137 cm³/mol. The molecule has 0 radical (unpaired) electrons. The average molecular weight is 493 g/mol. The van der Waals surface area contributed by atoms with Gasteiger partial charge in [0.1, 0.15) is 11.8 Å². The smallest absolute Gasteiger partial charge is 0.232 e. The molecule has 4 aromatic rings. The Morgan fingerprint density at radius 2 is 2.00 bits per heavy atom. The third kappa shape index (κ3) is 4.85. The van der Waals surface area contributed by atoms with Crippen molar-refractivity contribution in [2.75, 3.05) is 37.3 Å². The van der Waals surface area contributed by atoms with Crippen molar-refractivity contribution in [3.63, 3.8) is 0 Å². The summed E-state index contributed by atoms with van der Waals surface area (Å²) in [6.45, 7) is 1.99. The number of imidazole rings is 1. The third-order valence-corrected chi connectivity index (χ3v) is 7.25. The molecule has 0 spiro atoms. The highest BCUT2D eigenvalue weighted by Crippen LogP contribution is 2.32. The van der Waals surface area contributed by atoms with E-state index in [4.69, 9.17) is 9.72 Å². The van der Waals surface area contributed by atoms with Crippen LogP contribution in [0.4, 0.5) is 5.69 Å². The Morgan fingerprint density at radius 1 is 1.11 bits per heavy atom. The standard InChI is InChI=1S/C25H28N6O3S/c1-26-12-4-14-34-24-11-7-19(16-27-24)21-9-10-22-25(29-21)30(17-28-22)20-8-6-18-5-3-13-31(23(18)15-20)35(2,32)33/h6-11,15-17,26H,3-5,12-14H2,1-2H3. The molecule has 0 atom stereocenters. The van der Waals surface area contributed by atoms with Gasteiger partial charge in [0, 0.05) is 24.4 Å². The summed E-state index contributed by atoms with van der Waals surface area (Å²) < 4.78 is 33.8. The lowest BCUT2D eigenvalue weighted by molar-refractivity contribution is 0.298. The van der Waals surface area contributed by atoms with Crippen LogP contribution in [0.25, 0.3) is 28.1 Å². The number of sulfonamides is 1. The molecule has 0 fully saturated rings. The van der Waals surface area contributed by atoms with Gasteiger partial charge >= 0.3 is 0 Å². The third-order valence-electron chi connectivity index (χ3n) is 6.07. The van der Waals surface area contributed by atoms with E-state index in [2.05, 4.69) is 15.3 Å². The topological polar surface area (TPSA) is 102 Å². The summed E-state index contributed by atoms with van der Waals surface area (Å²) in [5.74, 6) is 0.584. The lowest BCUT2D eigenvalue weighted by Gasteiger charge is -2.29. The zero-order valence-electron chi connectivity index (χ0n) is 19.8. The van der Waals surface area contributed by atoms with Gasteiger partial charge in [0.2, 0.25) is 15.9 Å². The van der Waals surface area contributed by atoms with Gasteiger partial charge < -0.3 is 10.1 Å². The van der Waals surface area contributed by atoms with Crippen LogP contribution in [0.5, 0.6) is 5.88 Å². The summed E-state index contributed by atoms with van der Waals surface area (Å²) in [5, 5.41) is 3.09. The second-order valence-corrected chi connectivity index (χ2v) is 10.5. The van der Waals surface area contributed by atoms with Gasteiger partial charge in [-0.1, -0.05) is 6.07 Å². The van der Waals surface area contributed by atoms with E-state index in [1.54, 1.807) is 12.5 Å². The first kappa shape index (κ1) is 23.3. The predicted octanol–water partition coefficient (Wildman–Crippen LogP) is 3.18. The first-order valence-corrected chi connectivity index (χ1v) is 13.5. The van der Waals surface area contributed by atoms with Crippen molar-refractivity contribution in [3.8, 4) is 22.8 Å². The number of hydrogen-bond donors (Lipinski definition) is 1. The maximum absolute atomic E-state index is 12.3. The molecule has 182 valence electrons. The molecule has 4 heterocycles. The van der Waals surface area contributed by atoms with Gasteiger partial charge in [-0.15, -0.1) is 0 Å². The summed E-state index contributed by atoms with van der Waals surface area (Å²) in [7, 11) is -1.43. The lowest BCUT2D eigenvalue weighted by Crippen LogP contribution is -2.34. The first-order valence-electron chi connectivity index (χ1n) is 11.6. The zero-order chi connectivity index (χ0) is 24.4. The molecule has 0 amide bonds. The van der Waals surface area contributed by atoms with Gasteiger partial charge in [-0.25, -0.2) is 23.4 Å². The molecule has 0 unspecified atom stereocenters. The van der Waals surface area contributed by atoms with Crippen molar-refractivity contribution in [2.45, 2.75) is 19.3 Å². The van der Waals surface area contributed by atoms with Crippen molar-refractivity contribution < 1.29 is 13.2 Å². The fourth-order valence-corrected chi connectivity index (χ4v) is 5.30. The number of nitrogens with one attached hydrogen (secondary N) is 1. The number of nitrogens with zero attached hydrogens (tertiary/aromatic N) is 5. The number of anilines is 1. The molecule has 1 aliphatic rings. The van der Waals surface area contributed by atoms with Crippen molar-refractivity contribution >= 4 is 26.9 Å². The molecule has 0 saturated carbocycles. The number of hydrogen-bond acceptors (Lipinski definition) is 7. The lowest BCUT2D eigenvalue weighted by atomic mass is 10.0. The summed E-state index contributed by atoms with van der Waals surface area (Å²) >= 11 is 0. The quantitative estimate of drug-likeness (QED) is 0.377. The number of fused-ring (bicyclic) bond motifs is 2. The van der Waals surface area contributed by atoms with E-state index in [0.717, 1.165) is 59.5 Å². The van der Waals surface area contributed by atoms with Gasteiger partial charge in [0.05, 0.1) is 29.9 Å². The number of ether oxygens (including phenoxy) is 1. The number of benzene rings is 1. The minimum atomic E-state index is -3.35. The van der Waals surface area contributed by atoms with Crippen LogP contribution < -0.4 is 14.4 Å². The van der Waals surface area contributed by atoms with Gasteiger partial charge in [-0.2, -0.15) is 0 Å². The minimum absolute atomic E-state index is 0.491. The van der Waals surface area contributed by atoms with Gasteiger partial charge in [0.25, 0.3) is 0 Å². The Balaban J connectivity index is 1.46. The van der Waals surface area contributed by atoms with Crippen LogP contribution in [-0.2, 0) is 16.4 Å². The van der Waals surface area contributed by atoms with Crippen LogP contribution in [0, 0.1) is 0 Å². The maximum atomic E-state index is 12.3. The highest BCUT2D eigenvalue weighted by atomic mass is 32.2. The molecule has 10 heteroatoms. The summed E-state index contributed by atoms with van der Waals surface area (Å²) in [6, 6.07) is 13.5. The van der Waals surface area contributed by atoms with Crippen molar-refractivity contribution in [2.24, 2.45) is 0 Å². The van der Waals surface area contributed by atoms with Crippen LogP contribution >= 0.6 is 0 Å². The molecular formula is C25H28N6O3S. The average Bonchev–Trinajstić information content (AvgIpc) is 3.29. The van der Waals surface area contributed by atoms with E-state index in [1.807, 2.05) is 54.1 Å². The van der Waals surface area contributed by atoms with Crippen molar-refractivity contribution in [1.82, 2.24) is 24.8 Å². The van der Waals surface area contributed by atoms with Crippen LogP contribution in [0.3, 0.4) is 0 Å². The fraction of sp³-hybridized carbons (Fsp3) is 0.320. The Labute approximate surface area is 204 Å². The highest BCUT2D eigenvalue weighted by molar-refractivity contribution is 7.92. The number of aryl methyl sites for hydroxylation is 1. The molecule has 1 aliphatic heterocycles. The zero-order valence-corrected chi connectivity index (χ0v) is 20.6. The minimum Gasteiger partial charge on any atom is -0.478 e. The van der Waals surface area contributed by atoms with E-state index in [0.29, 0.717) is 24.7 Å². The van der Waals surface area contributed by atoms with Crippen LogP contribution in [0.1, 0.15) is 18.4 Å². The van der Waals surface area contributed by atoms with Gasteiger partial charge in [0.15, 0.2) is 5.65 Å². The molecule has 5 rings (SSSR count). The Morgan fingerprint density at radius 3 is 2.77 bits per heavy atom. The molecule has 3 aromatic heterocycles. The van der Waals surface area contributed by atoms with E-state index in [9.17, 15) is 8.42 Å². The van der Waals surface area contributed by atoms with Crippen molar-refractivity contribution in [3.05, 3.63) is 60.6 Å². The summed E-state index contributed by atoms with van der Waals surface area (Å²) in [6.07, 6.45) is 7.31. The number of rotatable bonds is 8. The maximum Gasteiger partial charge on any atom is 0.232 e. The highest BCUT2D eigenvalue weighted by Gasteiger charge is 2.24. The summed E-state index contributed by atoms with van der Waals surface area (Å²) in [4.78, 5) is 13.8. The van der Waals surface area contributed by atoms with Gasteiger partial charge in [-0.3, -0.25) is 8.87 Å².